The zero-order valence-electron chi connectivity index (χ0n) is 27.5. The molecule has 1 fully saturated rings. The molecule has 0 amide bonds. The standard InChI is InChI=1S/C35H43N3O9/c1-23-16-17-28(45-33(39)25-12-7-6-8-13-25)32-29(46-35(3,4)47-32)15-11-14-26-20-27(42-19-10-9-18-37-38-36)21-30(43-22-41-5)31(26)34(40)44-24(23)2/h6-8,11-14,16-17,20-21,23-24,28-29,32H,9-10,15,18-19,22H2,1-5H3/t23-,24+,28?,29+,32-/m1/s1. The van der Waals surface area contributed by atoms with Gasteiger partial charge in [-0.15, -0.1) is 0 Å². The summed E-state index contributed by atoms with van der Waals surface area (Å²) >= 11 is 0. The number of fused-ring (bicyclic) bond motifs is 2. The second-order valence-electron chi connectivity index (χ2n) is 11.8. The molecule has 252 valence electrons. The van der Waals surface area contributed by atoms with Crippen LogP contribution in [0.5, 0.6) is 11.5 Å². The molecule has 2 aliphatic heterocycles. The summed E-state index contributed by atoms with van der Waals surface area (Å²) < 4.78 is 41.5. The fourth-order valence-electron chi connectivity index (χ4n) is 5.21. The van der Waals surface area contributed by atoms with E-state index in [9.17, 15) is 9.59 Å². The van der Waals surface area contributed by atoms with Crippen LogP contribution in [0, 0.1) is 5.92 Å². The minimum absolute atomic E-state index is 0.0964. The fourth-order valence-corrected chi connectivity index (χ4v) is 5.21. The predicted octanol–water partition coefficient (Wildman–Crippen LogP) is 7.04. The van der Waals surface area contributed by atoms with Gasteiger partial charge in [-0.2, -0.15) is 0 Å². The number of benzene rings is 2. The van der Waals surface area contributed by atoms with E-state index in [0.717, 1.165) is 0 Å². The van der Waals surface area contributed by atoms with Crippen molar-refractivity contribution in [3.8, 4) is 11.5 Å². The predicted molar refractivity (Wildman–Crippen MR) is 174 cm³/mol. The summed E-state index contributed by atoms with van der Waals surface area (Å²) in [5, 5.41) is 3.55. The molecule has 0 N–H and O–H groups in total. The highest BCUT2D eigenvalue weighted by molar-refractivity contribution is 5.97. The molecule has 0 bridgehead atoms. The lowest BCUT2D eigenvalue weighted by Gasteiger charge is -2.25. The van der Waals surface area contributed by atoms with Crippen molar-refractivity contribution in [2.75, 3.05) is 27.1 Å². The summed E-state index contributed by atoms with van der Waals surface area (Å²) in [5.74, 6) is -1.53. The third-order valence-electron chi connectivity index (χ3n) is 7.73. The molecule has 12 heteroatoms. The van der Waals surface area contributed by atoms with Crippen LogP contribution in [0.3, 0.4) is 0 Å². The Morgan fingerprint density at radius 1 is 1.09 bits per heavy atom. The highest BCUT2D eigenvalue weighted by atomic mass is 16.8. The molecule has 2 heterocycles. The van der Waals surface area contributed by atoms with Gasteiger partial charge in [0.25, 0.3) is 0 Å². The number of nitrogens with zero attached hydrogens (tertiary/aromatic N) is 3. The van der Waals surface area contributed by atoms with Gasteiger partial charge >= 0.3 is 11.9 Å². The van der Waals surface area contributed by atoms with Gasteiger partial charge in [-0.25, -0.2) is 9.59 Å². The topological polar surface area (TPSA) is 148 Å². The molecule has 2 aromatic rings. The maximum Gasteiger partial charge on any atom is 0.342 e. The van der Waals surface area contributed by atoms with Gasteiger partial charge in [-0.3, -0.25) is 0 Å². The number of methoxy groups -OCH3 is 1. The Kier molecular flexibility index (Phi) is 12.8. The lowest BCUT2D eigenvalue weighted by Crippen LogP contribution is -2.37. The summed E-state index contributed by atoms with van der Waals surface area (Å²) in [5.41, 5.74) is 9.66. The smallest absolute Gasteiger partial charge is 0.342 e. The van der Waals surface area contributed by atoms with Crippen molar-refractivity contribution in [2.24, 2.45) is 11.0 Å². The second kappa shape index (κ2) is 17.0. The zero-order chi connectivity index (χ0) is 33.8. The maximum atomic E-state index is 13.7. The number of hydrogen-bond acceptors (Lipinski definition) is 10. The average Bonchev–Trinajstić information content (AvgIpc) is 3.36. The first-order valence-electron chi connectivity index (χ1n) is 15.7. The Hall–Kier alpha value is -4.35. The Morgan fingerprint density at radius 2 is 1.87 bits per heavy atom. The van der Waals surface area contributed by atoms with E-state index in [4.69, 9.17) is 38.7 Å². The first-order valence-corrected chi connectivity index (χ1v) is 15.7. The zero-order valence-corrected chi connectivity index (χ0v) is 27.5. The molecule has 1 unspecified atom stereocenters. The van der Waals surface area contributed by atoms with E-state index in [-0.39, 0.29) is 24.0 Å². The Balaban J connectivity index is 1.69. The first kappa shape index (κ1) is 35.5. The van der Waals surface area contributed by atoms with Crippen molar-refractivity contribution in [1.82, 2.24) is 0 Å². The molecule has 0 spiro atoms. The van der Waals surface area contributed by atoms with Crippen molar-refractivity contribution in [1.29, 1.82) is 0 Å². The number of cyclic esters (lactones) is 1. The minimum Gasteiger partial charge on any atom is -0.493 e. The highest BCUT2D eigenvalue weighted by Gasteiger charge is 2.45. The van der Waals surface area contributed by atoms with E-state index in [1.807, 2.05) is 39.0 Å². The molecule has 0 saturated carbocycles. The lowest BCUT2D eigenvalue weighted by atomic mass is 9.98. The third kappa shape index (κ3) is 10.1. The van der Waals surface area contributed by atoms with Crippen molar-refractivity contribution < 1.29 is 42.7 Å². The average molecular weight is 650 g/mol. The molecule has 1 saturated heterocycles. The van der Waals surface area contributed by atoms with Crippen molar-refractivity contribution in [2.45, 2.75) is 77.2 Å². The summed E-state index contributed by atoms with van der Waals surface area (Å²) in [6.45, 7) is 7.99. The number of ether oxygens (including phenoxy) is 7. The number of azide groups is 1. The van der Waals surface area contributed by atoms with Crippen LogP contribution in [0.1, 0.15) is 73.2 Å². The van der Waals surface area contributed by atoms with Crippen LogP contribution in [0.15, 0.2) is 65.8 Å². The van der Waals surface area contributed by atoms with E-state index in [2.05, 4.69) is 10.0 Å². The second-order valence-corrected chi connectivity index (χ2v) is 11.8. The van der Waals surface area contributed by atoms with Crippen molar-refractivity contribution in [3.05, 3.63) is 87.8 Å². The number of esters is 2. The third-order valence-corrected chi connectivity index (χ3v) is 7.73. The molecular weight excluding hydrogens is 606 g/mol. The maximum absolute atomic E-state index is 13.7. The van der Waals surface area contributed by atoms with Crippen LogP contribution in [-0.2, 0) is 23.7 Å². The van der Waals surface area contributed by atoms with E-state index in [1.54, 1.807) is 55.5 Å². The number of hydrogen-bond donors (Lipinski definition) is 0. The van der Waals surface area contributed by atoms with Crippen molar-refractivity contribution in [3.63, 3.8) is 0 Å². The minimum atomic E-state index is -0.932. The van der Waals surface area contributed by atoms with Crippen LogP contribution in [0.4, 0.5) is 0 Å². The largest absolute Gasteiger partial charge is 0.493 e. The monoisotopic (exact) mass is 649 g/mol. The highest BCUT2D eigenvalue weighted by Crippen LogP contribution is 2.36. The normalized spacial score (nSPS) is 23.8. The molecule has 0 aliphatic carbocycles. The first-order chi connectivity index (χ1) is 22.6. The van der Waals surface area contributed by atoms with Gasteiger partial charge in [-0.05, 0) is 75.4 Å². The number of carbonyl (C=O) groups excluding carboxylic acids is 2. The summed E-state index contributed by atoms with van der Waals surface area (Å²) in [7, 11) is 1.49. The quantitative estimate of drug-likeness (QED) is 0.0475. The molecular formula is C35H43N3O9. The molecule has 12 nitrogen and oxygen atoms in total. The fraction of sp³-hybridized carbons (Fsp3) is 0.486. The van der Waals surface area contributed by atoms with Gasteiger partial charge in [0.2, 0.25) is 0 Å². The molecule has 47 heavy (non-hydrogen) atoms. The lowest BCUT2D eigenvalue weighted by molar-refractivity contribution is -0.152. The molecule has 4 rings (SSSR count). The Labute approximate surface area is 275 Å². The summed E-state index contributed by atoms with van der Waals surface area (Å²) in [4.78, 5) is 29.7. The molecule has 0 radical (unpaired) electrons. The molecule has 0 aromatic heterocycles. The van der Waals surface area contributed by atoms with Gasteiger partial charge in [-0.1, -0.05) is 48.5 Å². The van der Waals surface area contributed by atoms with Gasteiger partial charge in [0.05, 0.1) is 18.3 Å². The summed E-state index contributed by atoms with van der Waals surface area (Å²) in [6, 6.07) is 12.1. The SMILES string of the molecule is COCOc1cc(OCCCCN=[N+]=[N-])cc2c1C(=O)O[C@@H](C)[C@H](C)C=CC(OC(=O)c1ccccc1)[C@H]1OC(C)(C)O[C@H]1CC=C2. The molecule has 5 atom stereocenters. The van der Waals surface area contributed by atoms with Crippen molar-refractivity contribution >= 4 is 18.0 Å². The van der Waals surface area contributed by atoms with E-state index >= 15 is 0 Å². The Morgan fingerprint density at radius 3 is 2.62 bits per heavy atom. The van der Waals surface area contributed by atoms with E-state index in [1.165, 1.54) is 7.11 Å². The van der Waals surface area contributed by atoms with Gasteiger partial charge < -0.3 is 33.2 Å². The van der Waals surface area contributed by atoms with Crippen LogP contribution in [0.25, 0.3) is 16.5 Å². The van der Waals surface area contributed by atoms with Crippen LogP contribution >= 0.6 is 0 Å². The number of rotatable bonds is 11. The Bertz CT molecular complexity index is 1470. The number of carbonyl (C=O) groups is 2. The van der Waals surface area contributed by atoms with Gasteiger partial charge in [0.1, 0.15) is 35.4 Å². The van der Waals surface area contributed by atoms with Crippen LogP contribution in [-0.4, -0.2) is 69.2 Å². The van der Waals surface area contributed by atoms with Crippen LogP contribution in [0.2, 0.25) is 0 Å². The summed E-state index contributed by atoms with van der Waals surface area (Å²) in [6.07, 6.45) is 6.57. The van der Waals surface area contributed by atoms with E-state index < -0.39 is 42.1 Å². The van der Waals surface area contributed by atoms with Gasteiger partial charge in [0.15, 0.2) is 12.6 Å². The van der Waals surface area contributed by atoms with E-state index in [0.29, 0.717) is 49.3 Å². The van der Waals surface area contributed by atoms with Crippen LogP contribution < -0.4 is 9.47 Å². The number of unbranched alkanes of at least 4 members (excludes halogenated alkanes) is 1. The molecule has 2 aliphatic rings. The molecule has 2 aromatic carbocycles. The van der Waals surface area contributed by atoms with Gasteiger partial charge in [0, 0.05) is 30.6 Å².